The third-order valence-corrected chi connectivity index (χ3v) is 7.72. The molecule has 4 rings (SSSR count). The summed E-state index contributed by atoms with van der Waals surface area (Å²) in [5.41, 5.74) is 2.62. The van der Waals surface area contributed by atoms with Crippen molar-refractivity contribution in [3.8, 4) is 0 Å². The molecule has 0 saturated carbocycles. The second-order valence-electron chi connectivity index (χ2n) is 9.83. The van der Waals surface area contributed by atoms with Crippen LogP contribution >= 0.6 is 0 Å². The Hall–Kier alpha value is -4.05. The minimum absolute atomic E-state index is 0. The molecule has 0 bridgehead atoms. The first-order chi connectivity index (χ1) is 19.4. The zero-order valence-corrected chi connectivity index (χ0v) is 24.7. The number of imide groups is 1. The quantitative estimate of drug-likeness (QED) is 0.316. The molecule has 1 unspecified atom stereocenters. The number of nitrogens with zero attached hydrogens (tertiary/aromatic N) is 1. The lowest BCUT2D eigenvalue weighted by Crippen LogP contribution is -2.50. The lowest BCUT2D eigenvalue weighted by molar-refractivity contribution is -0.134. The maximum absolute atomic E-state index is 14.6. The number of anilines is 1. The fourth-order valence-corrected chi connectivity index (χ4v) is 5.20. The van der Waals surface area contributed by atoms with Gasteiger partial charge in [-0.15, -0.1) is 0 Å². The van der Waals surface area contributed by atoms with Crippen LogP contribution in [0.4, 0.5) is 14.9 Å². The van der Waals surface area contributed by atoms with Crippen LogP contribution in [-0.2, 0) is 25.8 Å². The highest BCUT2D eigenvalue weighted by atomic mass is 32.2. The van der Waals surface area contributed by atoms with Crippen LogP contribution in [0, 0.1) is 12.7 Å². The fourth-order valence-electron chi connectivity index (χ4n) is 4.60. The third-order valence-electron chi connectivity index (χ3n) is 6.77. The van der Waals surface area contributed by atoms with Crippen molar-refractivity contribution < 1.29 is 30.0 Å². The van der Waals surface area contributed by atoms with E-state index >= 15 is 0 Å². The molecule has 41 heavy (non-hydrogen) atoms. The lowest BCUT2D eigenvalue weighted by atomic mass is 9.91. The number of carbonyl (C=O) groups is 3. The van der Waals surface area contributed by atoms with Gasteiger partial charge >= 0.3 is 6.03 Å². The van der Waals surface area contributed by atoms with Crippen LogP contribution in [0.15, 0.2) is 72.8 Å². The Morgan fingerprint density at radius 1 is 1.05 bits per heavy atom. The minimum Gasteiger partial charge on any atom is -0.322 e. The zero-order chi connectivity index (χ0) is 30.3. The van der Waals surface area contributed by atoms with E-state index in [-0.39, 0.29) is 14.3 Å². The summed E-state index contributed by atoms with van der Waals surface area (Å²) in [5, 5.41) is 5.22. The molecule has 1 fully saturated rings. The predicted molar refractivity (Wildman–Crippen MR) is 162 cm³/mol. The molecule has 3 aromatic carbocycles. The van der Waals surface area contributed by atoms with Gasteiger partial charge in [0, 0.05) is 15.0 Å². The van der Waals surface area contributed by atoms with Gasteiger partial charge in [0.05, 0.1) is 11.4 Å². The van der Waals surface area contributed by atoms with E-state index in [0.29, 0.717) is 17.5 Å². The highest BCUT2D eigenvalue weighted by Crippen LogP contribution is 2.31. The first-order valence-electron chi connectivity index (χ1n) is 13.5. The van der Waals surface area contributed by atoms with Crippen LogP contribution in [0.2, 0.25) is 0 Å². The normalized spacial score (nSPS) is 16.3. The van der Waals surface area contributed by atoms with Crippen molar-refractivity contribution in [3.05, 3.63) is 101 Å². The summed E-state index contributed by atoms with van der Waals surface area (Å²) in [5.74, 6) is -2.55. The van der Waals surface area contributed by atoms with Gasteiger partial charge in [-0.1, -0.05) is 81.4 Å². The molecule has 1 aliphatic rings. The van der Waals surface area contributed by atoms with E-state index in [4.69, 9.17) is 0 Å². The average molecular weight is 586 g/mol. The number of nitrogens with one attached hydrogen (secondary N) is 2. The summed E-state index contributed by atoms with van der Waals surface area (Å²) in [4.78, 5) is 41.3. The molecule has 2 N–H and O–H groups in total. The molecule has 3 atom stereocenters. The molecule has 0 spiro atoms. The predicted octanol–water partition coefficient (Wildman–Crippen LogP) is 5.64. The van der Waals surface area contributed by atoms with Gasteiger partial charge in [0.25, 0.3) is 5.91 Å². The maximum Gasteiger partial charge on any atom is 0.325 e. The van der Waals surface area contributed by atoms with Gasteiger partial charge in [-0.25, -0.2) is 22.5 Å². The van der Waals surface area contributed by atoms with E-state index in [1.807, 2.05) is 19.9 Å². The topological polar surface area (TPSA) is 113 Å². The van der Waals surface area contributed by atoms with E-state index in [9.17, 15) is 27.2 Å². The first kappa shape index (κ1) is 31.5. The number of sulfone groups is 1. The van der Waals surface area contributed by atoms with Crippen molar-refractivity contribution in [2.24, 2.45) is 0 Å². The van der Waals surface area contributed by atoms with E-state index in [2.05, 4.69) is 10.6 Å². The fraction of sp³-hybridized carbons (Fsp3) is 0.323. The summed E-state index contributed by atoms with van der Waals surface area (Å²) in [6, 6.07) is 17.1. The Kier molecular flexibility index (Phi) is 10.4. The van der Waals surface area contributed by atoms with Crippen LogP contribution < -0.4 is 10.6 Å². The number of aryl methyl sites for hydroxylation is 2. The van der Waals surface area contributed by atoms with E-state index < -0.39 is 51.5 Å². The molecule has 8 nitrogen and oxygen atoms in total. The van der Waals surface area contributed by atoms with Gasteiger partial charge in [-0.05, 0) is 47.7 Å². The van der Waals surface area contributed by atoms with E-state index in [0.717, 1.165) is 16.0 Å². The number of amides is 4. The summed E-state index contributed by atoms with van der Waals surface area (Å²) in [7, 11) is -3.13. The summed E-state index contributed by atoms with van der Waals surface area (Å²) in [6.45, 7) is 7.45. The Morgan fingerprint density at radius 3 is 2.27 bits per heavy atom. The van der Waals surface area contributed by atoms with Gasteiger partial charge in [0.1, 0.15) is 27.7 Å². The van der Waals surface area contributed by atoms with E-state index in [1.165, 1.54) is 18.4 Å². The maximum atomic E-state index is 14.6. The van der Waals surface area contributed by atoms with Gasteiger partial charge < -0.3 is 10.6 Å². The Bertz CT molecular complexity index is 1510. The van der Waals surface area contributed by atoms with E-state index in [1.54, 1.807) is 68.4 Å². The average Bonchev–Trinajstić information content (AvgIpc) is 3.24. The molecular formula is C31H40FN3O5S. The molecule has 1 aliphatic heterocycles. The summed E-state index contributed by atoms with van der Waals surface area (Å²) >= 11 is 0. The van der Waals surface area contributed by atoms with Crippen molar-refractivity contribution in [2.75, 3.05) is 17.3 Å². The molecule has 0 aliphatic carbocycles. The number of carbonyl (C=O) groups excluding carboxylic acids is 3. The third kappa shape index (κ3) is 7.79. The Labute approximate surface area is 243 Å². The number of rotatable bonds is 9. The lowest BCUT2D eigenvalue weighted by Gasteiger charge is -2.30. The number of halogens is 1. The van der Waals surface area contributed by atoms with Crippen molar-refractivity contribution >= 4 is 33.4 Å². The standard InChI is InChI=1S/C29H30FN3O5S.C2H6.2H2/c1-18-9-14-24(23(30)17-18)31-27(34)26(19(2)21-7-5-4-6-8-21)33-28(35)25(32-29(33)36)22-12-10-20(11-13-22)15-16-39(3,37)38;1-2;;/h4-14,17,19,25-26H,15-16H2,1-3H3,(H,31,34)(H,32,36);1-2H3;2*1H/t19-,25?,26-;;;/m0.../s1. The van der Waals surface area contributed by atoms with Crippen molar-refractivity contribution in [2.45, 2.75) is 52.1 Å². The summed E-state index contributed by atoms with van der Waals surface area (Å²) < 4.78 is 37.5. The molecule has 222 valence electrons. The van der Waals surface area contributed by atoms with Crippen molar-refractivity contribution in [1.29, 1.82) is 0 Å². The molecular weight excluding hydrogens is 545 g/mol. The highest BCUT2D eigenvalue weighted by Gasteiger charge is 2.47. The summed E-state index contributed by atoms with van der Waals surface area (Å²) in [6.07, 6.45) is 1.49. The largest absolute Gasteiger partial charge is 0.325 e. The van der Waals surface area contributed by atoms with Crippen LogP contribution in [0.25, 0.3) is 0 Å². The Balaban J connectivity index is 0.00000226. The minimum atomic E-state index is -3.13. The smallest absolute Gasteiger partial charge is 0.322 e. The second-order valence-corrected chi connectivity index (χ2v) is 12.1. The molecule has 3 aromatic rings. The number of urea groups is 1. The monoisotopic (exact) mass is 585 g/mol. The SMILES string of the molecule is CC.Cc1ccc(NC(=O)[C@H]([C@@H](C)c2ccccc2)N2C(=O)NC(c3ccc(CCS(C)(=O)=O)cc3)C2=O)c(F)c1.[HH].[HH]. The molecule has 0 aromatic heterocycles. The second kappa shape index (κ2) is 13.5. The highest BCUT2D eigenvalue weighted by molar-refractivity contribution is 7.90. The Morgan fingerprint density at radius 2 is 1.68 bits per heavy atom. The van der Waals surface area contributed by atoms with Crippen LogP contribution in [0.3, 0.4) is 0 Å². The molecule has 4 amide bonds. The van der Waals surface area contributed by atoms with Gasteiger partial charge in [-0.2, -0.15) is 0 Å². The van der Waals surface area contributed by atoms with Crippen LogP contribution in [0.1, 0.15) is 57.8 Å². The first-order valence-corrected chi connectivity index (χ1v) is 15.5. The van der Waals surface area contributed by atoms with Gasteiger partial charge in [0.2, 0.25) is 5.91 Å². The molecule has 10 heteroatoms. The number of hydrogen-bond acceptors (Lipinski definition) is 5. The van der Waals surface area contributed by atoms with Gasteiger partial charge in [0.15, 0.2) is 0 Å². The van der Waals surface area contributed by atoms with Crippen molar-refractivity contribution in [3.63, 3.8) is 0 Å². The molecule has 1 saturated heterocycles. The zero-order valence-electron chi connectivity index (χ0n) is 23.8. The van der Waals surface area contributed by atoms with Crippen molar-refractivity contribution in [1.82, 2.24) is 10.2 Å². The number of hydrogen-bond donors (Lipinski definition) is 2. The molecule has 0 radical (unpaired) electrons. The van der Waals surface area contributed by atoms with Crippen LogP contribution in [0.5, 0.6) is 0 Å². The molecule has 1 heterocycles. The van der Waals surface area contributed by atoms with Gasteiger partial charge in [-0.3, -0.25) is 9.59 Å². The number of benzene rings is 3. The van der Waals surface area contributed by atoms with Crippen LogP contribution in [-0.4, -0.2) is 49.2 Å².